The van der Waals surface area contributed by atoms with Crippen LogP contribution in [0.25, 0.3) is 0 Å². The second-order valence-electron chi connectivity index (χ2n) is 6.05. The molecule has 0 unspecified atom stereocenters. The van der Waals surface area contributed by atoms with Crippen molar-refractivity contribution in [3.05, 3.63) is 23.8 Å². The Labute approximate surface area is 134 Å². The summed E-state index contributed by atoms with van der Waals surface area (Å²) in [7, 11) is 0. The zero-order chi connectivity index (χ0) is 15.8. The van der Waals surface area contributed by atoms with Crippen molar-refractivity contribution in [2.45, 2.75) is 58.8 Å². The van der Waals surface area contributed by atoms with Gasteiger partial charge in [0, 0.05) is 5.92 Å². The molecule has 1 aliphatic carbocycles. The second-order valence-corrected chi connectivity index (χ2v) is 6.05. The molecule has 1 saturated carbocycles. The third-order valence-corrected chi connectivity index (χ3v) is 4.13. The Balaban J connectivity index is 2.20. The van der Waals surface area contributed by atoms with Gasteiger partial charge in [0.2, 0.25) is 0 Å². The van der Waals surface area contributed by atoms with Crippen LogP contribution in [0.15, 0.2) is 18.2 Å². The number of Topliss-reactive ketones (excluding diaryl/α,β-unsaturated/α-hetero) is 1. The van der Waals surface area contributed by atoms with Gasteiger partial charge in [-0.1, -0.05) is 33.1 Å². The highest BCUT2D eigenvalue weighted by Gasteiger charge is 2.25. The number of benzene rings is 1. The molecule has 0 aliphatic heterocycles. The van der Waals surface area contributed by atoms with Crippen molar-refractivity contribution in [2.24, 2.45) is 5.92 Å². The van der Waals surface area contributed by atoms with Crippen LogP contribution in [0.1, 0.15) is 69.2 Å². The smallest absolute Gasteiger partial charge is 0.169 e. The van der Waals surface area contributed by atoms with E-state index in [4.69, 9.17) is 9.47 Å². The Hall–Kier alpha value is -1.51. The molecule has 1 aromatic carbocycles. The Kier molecular flexibility index (Phi) is 6.75. The minimum atomic E-state index is 0.152. The highest BCUT2D eigenvalue weighted by Crippen LogP contribution is 2.32. The summed E-state index contributed by atoms with van der Waals surface area (Å²) in [6.07, 6.45) is 7.48. The maximum atomic E-state index is 12.9. The topological polar surface area (TPSA) is 35.5 Å². The van der Waals surface area contributed by atoms with E-state index in [1.165, 1.54) is 6.42 Å². The molecule has 0 aromatic heterocycles. The average molecular weight is 304 g/mol. The van der Waals surface area contributed by atoms with E-state index < -0.39 is 0 Å². The van der Waals surface area contributed by atoms with E-state index in [0.717, 1.165) is 44.3 Å². The number of carbonyl (C=O) groups is 1. The number of ether oxygens (including phenoxy) is 2. The summed E-state index contributed by atoms with van der Waals surface area (Å²) in [6, 6.07) is 5.66. The van der Waals surface area contributed by atoms with Gasteiger partial charge in [0.25, 0.3) is 0 Å². The maximum Gasteiger partial charge on any atom is 0.169 e. The molecule has 3 nitrogen and oxygen atoms in total. The standard InChI is InChI=1S/C19H28O3/c1-3-12-21-16-10-11-18(22-13-4-2)17(14-16)19(20)15-8-6-5-7-9-15/h10-11,14-15H,3-9,12-13H2,1-2H3. The molecule has 0 radical (unpaired) electrons. The lowest BCUT2D eigenvalue weighted by Gasteiger charge is -2.22. The van der Waals surface area contributed by atoms with Crippen molar-refractivity contribution in [2.75, 3.05) is 13.2 Å². The van der Waals surface area contributed by atoms with Gasteiger partial charge in [-0.3, -0.25) is 4.79 Å². The molecule has 1 aliphatic rings. The molecule has 0 spiro atoms. The third-order valence-electron chi connectivity index (χ3n) is 4.13. The first-order valence-electron chi connectivity index (χ1n) is 8.70. The van der Waals surface area contributed by atoms with Crippen molar-refractivity contribution >= 4 is 5.78 Å². The normalized spacial score (nSPS) is 15.5. The van der Waals surface area contributed by atoms with Gasteiger partial charge >= 0.3 is 0 Å². The number of hydrogen-bond donors (Lipinski definition) is 0. The highest BCUT2D eigenvalue weighted by molar-refractivity contribution is 6.00. The molecule has 2 rings (SSSR count). The highest BCUT2D eigenvalue weighted by atomic mass is 16.5. The summed E-state index contributed by atoms with van der Waals surface area (Å²) < 4.78 is 11.5. The van der Waals surface area contributed by atoms with Gasteiger partial charge in [-0.05, 0) is 43.9 Å². The second kappa shape index (κ2) is 8.82. The van der Waals surface area contributed by atoms with E-state index in [0.29, 0.717) is 24.5 Å². The van der Waals surface area contributed by atoms with Crippen molar-refractivity contribution < 1.29 is 14.3 Å². The minimum absolute atomic E-state index is 0.152. The summed E-state index contributed by atoms with van der Waals surface area (Å²) in [4.78, 5) is 12.9. The molecular weight excluding hydrogens is 276 g/mol. The van der Waals surface area contributed by atoms with E-state index >= 15 is 0 Å². The van der Waals surface area contributed by atoms with Crippen LogP contribution in [-0.2, 0) is 0 Å². The fraction of sp³-hybridized carbons (Fsp3) is 0.632. The van der Waals surface area contributed by atoms with Gasteiger partial charge in [0.1, 0.15) is 11.5 Å². The Morgan fingerprint density at radius 2 is 1.73 bits per heavy atom. The molecule has 0 bridgehead atoms. The monoisotopic (exact) mass is 304 g/mol. The molecule has 0 atom stereocenters. The molecule has 0 N–H and O–H groups in total. The van der Waals surface area contributed by atoms with Crippen LogP contribution in [0.2, 0.25) is 0 Å². The Bertz CT molecular complexity index is 476. The first-order chi connectivity index (χ1) is 10.8. The third kappa shape index (κ3) is 4.49. The van der Waals surface area contributed by atoms with Crippen molar-refractivity contribution in [1.82, 2.24) is 0 Å². The van der Waals surface area contributed by atoms with Gasteiger partial charge < -0.3 is 9.47 Å². The van der Waals surface area contributed by atoms with Gasteiger partial charge in [0.15, 0.2) is 5.78 Å². The summed E-state index contributed by atoms with van der Waals surface area (Å²) in [6.45, 7) is 5.46. The molecule has 0 saturated heterocycles. The SMILES string of the molecule is CCCOc1ccc(OCCC)c(C(=O)C2CCCCC2)c1. The largest absolute Gasteiger partial charge is 0.494 e. The van der Waals surface area contributed by atoms with Crippen LogP contribution >= 0.6 is 0 Å². The van der Waals surface area contributed by atoms with Gasteiger partial charge in [-0.15, -0.1) is 0 Å². The predicted octanol–water partition coefficient (Wildman–Crippen LogP) is 5.03. The predicted molar refractivity (Wildman–Crippen MR) is 88.9 cm³/mol. The number of hydrogen-bond acceptors (Lipinski definition) is 3. The molecule has 0 heterocycles. The molecule has 0 amide bonds. The maximum absolute atomic E-state index is 12.9. The average Bonchev–Trinajstić information content (AvgIpc) is 2.58. The molecular formula is C19H28O3. The lowest BCUT2D eigenvalue weighted by Crippen LogP contribution is -2.19. The van der Waals surface area contributed by atoms with Crippen LogP contribution in [0.5, 0.6) is 11.5 Å². The fourth-order valence-electron chi connectivity index (χ4n) is 2.93. The van der Waals surface area contributed by atoms with Crippen LogP contribution in [0.3, 0.4) is 0 Å². The van der Waals surface area contributed by atoms with E-state index in [1.807, 2.05) is 18.2 Å². The van der Waals surface area contributed by atoms with Crippen molar-refractivity contribution in [1.29, 1.82) is 0 Å². The van der Waals surface area contributed by atoms with E-state index in [1.54, 1.807) is 0 Å². The van der Waals surface area contributed by atoms with Crippen molar-refractivity contribution in [3.8, 4) is 11.5 Å². The van der Waals surface area contributed by atoms with E-state index in [2.05, 4.69) is 13.8 Å². The quantitative estimate of drug-likeness (QED) is 0.632. The number of ketones is 1. The minimum Gasteiger partial charge on any atom is -0.494 e. The molecule has 122 valence electrons. The van der Waals surface area contributed by atoms with Crippen LogP contribution in [0.4, 0.5) is 0 Å². The molecule has 22 heavy (non-hydrogen) atoms. The molecule has 1 fully saturated rings. The lowest BCUT2D eigenvalue weighted by atomic mass is 9.83. The summed E-state index contributed by atoms with van der Waals surface area (Å²) in [5.74, 6) is 1.86. The Morgan fingerprint density at radius 3 is 2.41 bits per heavy atom. The zero-order valence-electron chi connectivity index (χ0n) is 13.9. The van der Waals surface area contributed by atoms with Crippen LogP contribution < -0.4 is 9.47 Å². The molecule has 3 heteroatoms. The number of carbonyl (C=O) groups excluding carboxylic acids is 1. The summed E-state index contributed by atoms with van der Waals surface area (Å²) in [5.41, 5.74) is 0.703. The first-order valence-corrected chi connectivity index (χ1v) is 8.70. The Morgan fingerprint density at radius 1 is 1.05 bits per heavy atom. The summed E-state index contributed by atoms with van der Waals surface area (Å²) >= 11 is 0. The van der Waals surface area contributed by atoms with Crippen LogP contribution in [0, 0.1) is 5.92 Å². The summed E-state index contributed by atoms with van der Waals surface area (Å²) in [5, 5.41) is 0. The van der Waals surface area contributed by atoms with Gasteiger partial charge in [-0.25, -0.2) is 0 Å². The fourth-order valence-corrected chi connectivity index (χ4v) is 2.93. The first kappa shape index (κ1) is 16.9. The van der Waals surface area contributed by atoms with Crippen LogP contribution in [-0.4, -0.2) is 19.0 Å². The van der Waals surface area contributed by atoms with E-state index in [9.17, 15) is 4.79 Å². The van der Waals surface area contributed by atoms with E-state index in [-0.39, 0.29) is 11.7 Å². The van der Waals surface area contributed by atoms with Gasteiger partial charge in [-0.2, -0.15) is 0 Å². The zero-order valence-corrected chi connectivity index (χ0v) is 13.9. The van der Waals surface area contributed by atoms with Gasteiger partial charge in [0.05, 0.1) is 18.8 Å². The van der Waals surface area contributed by atoms with Crippen molar-refractivity contribution in [3.63, 3.8) is 0 Å². The lowest BCUT2D eigenvalue weighted by molar-refractivity contribution is 0.0885. The molecule has 1 aromatic rings. The number of rotatable bonds is 8.